The van der Waals surface area contributed by atoms with E-state index in [0.717, 1.165) is 6.42 Å². The van der Waals surface area contributed by atoms with E-state index in [-0.39, 0.29) is 0 Å². The summed E-state index contributed by atoms with van der Waals surface area (Å²) in [6.07, 6.45) is 30.6. The number of rotatable bonds is 21. The Kier molecular flexibility index (Phi) is 20.2. The van der Waals surface area contributed by atoms with Crippen molar-refractivity contribution in [3.8, 4) is 0 Å². The van der Waals surface area contributed by atoms with Gasteiger partial charge in [-0.15, -0.1) is 0 Å². The van der Waals surface area contributed by atoms with Gasteiger partial charge in [-0.3, -0.25) is 4.79 Å². The first-order valence-corrected chi connectivity index (χ1v) is 12.4. The van der Waals surface area contributed by atoms with E-state index in [9.17, 15) is 4.79 Å². The highest BCUT2D eigenvalue weighted by Crippen LogP contribution is 2.22. The third kappa shape index (κ3) is 25.7. The van der Waals surface area contributed by atoms with Gasteiger partial charge in [0.1, 0.15) is 0 Å². The number of hydrogen-bond acceptors (Lipinski definition) is 1. The molecule has 0 heterocycles. The monoisotopic (exact) mass is 379 g/mol. The summed E-state index contributed by atoms with van der Waals surface area (Å²) in [5.41, 5.74) is 0.525. The van der Waals surface area contributed by atoms with Crippen LogP contribution in [0.1, 0.15) is 156 Å². The lowest BCUT2D eigenvalue weighted by atomic mass is 9.89. The van der Waals surface area contributed by atoms with Crippen molar-refractivity contribution < 1.29 is 4.79 Å². The highest BCUT2D eigenvalue weighted by molar-refractivity contribution is 5.50. The normalized spacial score (nSPS) is 11.8. The first-order valence-electron chi connectivity index (χ1n) is 12.4. The van der Waals surface area contributed by atoms with Gasteiger partial charge in [-0.25, -0.2) is 0 Å². The highest BCUT2D eigenvalue weighted by Gasteiger charge is 2.08. The molecule has 0 rings (SSSR count). The summed E-state index contributed by atoms with van der Waals surface area (Å²) in [7, 11) is 0. The molecule has 161 valence electrons. The van der Waals surface area contributed by atoms with Gasteiger partial charge in [0.25, 0.3) is 0 Å². The molecule has 0 amide bonds. The fraction of sp³-hybridized carbons (Fsp3) is 0.962. The largest absolute Gasteiger partial charge is 0.291 e. The molecule has 0 bridgehead atoms. The van der Waals surface area contributed by atoms with E-state index in [1.165, 1.54) is 122 Å². The second-order valence-corrected chi connectivity index (χ2v) is 9.92. The van der Waals surface area contributed by atoms with Gasteiger partial charge in [0.2, 0.25) is 0 Å². The van der Waals surface area contributed by atoms with Crippen molar-refractivity contribution >= 4 is 6.29 Å². The lowest BCUT2D eigenvalue weighted by Gasteiger charge is -2.17. The van der Waals surface area contributed by atoms with Gasteiger partial charge in [0.05, 0.1) is 0 Å². The van der Waals surface area contributed by atoms with Gasteiger partial charge < -0.3 is 0 Å². The molecule has 0 aromatic carbocycles. The minimum Gasteiger partial charge on any atom is -0.291 e. The van der Waals surface area contributed by atoms with Crippen molar-refractivity contribution in [1.82, 2.24) is 0 Å². The summed E-state index contributed by atoms with van der Waals surface area (Å²) < 4.78 is 0. The van der Waals surface area contributed by atoms with E-state index in [4.69, 9.17) is 0 Å². The Morgan fingerprint density at radius 3 is 0.963 bits per heavy atom. The summed E-state index contributed by atoms with van der Waals surface area (Å²) >= 11 is 0. The molecule has 1 nitrogen and oxygen atoms in total. The molecule has 1 radical (unpaired) electrons. The average Bonchev–Trinajstić information content (AvgIpc) is 2.62. The Morgan fingerprint density at radius 1 is 0.444 bits per heavy atom. The van der Waals surface area contributed by atoms with Crippen LogP contribution in [0.15, 0.2) is 0 Å². The maximum absolute atomic E-state index is 10.1. The molecule has 0 fully saturated rings. The maximum atomic E-state index is 10.1. The Labute approximate surface area is 172 Å². The van der Waals surface area contributed by atoms with Crippen LogP contribution < -0.4 is 0 Å². The first-order chi connectivity index (χ1) is 13.1. The van der Waals surface area contributed by atoms with Crippen LogP contribution >= 0.6 is 0 Å². The van der Waals surface area contributed by atoms with E-state index in [0.29, 0.717) is 11.8 Å². The van der Waals surface area contributed by atoms with Crippen molar-refractivity contribution in [3.63, 3.8) is 0 Å². The molecule has 0 aliphatic rings. The quantitative estimate of drug-likeness (QED) is 0.181. The zero-order chi connectivity index (χ0) is 20.1. The Morgan fingerprint density at radius 2 is 0.704 bits per heavy atom. The van der Waals surface area contributed by atoms with Crippen molar-refractivity contribution in [2.75, 3.05) is 0 Å². The Hall–Kier alpha value is -0.330. The van der Waals surface area contributed by atoms with Gasteiger partial charge in [0.15, 0.2) is 6.29 Å². The van der Waals surface area contributed by atoms with Crippen LogP contribution in [0.25, 0.3) is 0 Å². The van der Waals surface area contributed by atoms with Crippen LogP contribution in [0.3, 0.4) is 0 Å². The smallest absolute Gasteiger partial charge is 0.198 e. The van der Waals surface area contributed by atoms with Gasteiger partial charge in [-0.1, -0.05) is 136 Å². The van der Waals surface area contributed by atoms with E-state index in [1.807, 2.05) is 6.29 Å². The van der Waals surface area contributed by atoms with Crippen LogP contribution in [0, 0.1) is 5.41 Å². The zero-order valence-corrected chi connectivity index (χ0v) is 19.3. The lowest BCUT2D eigenvalue weighted by Crippen LogP contribution is -2.03. The zero-order valence-electron chi connectivity index (χ0n) is 19.3. The Bertz CT molecular complexity index is 289. The predicted octanol–water partition coefficient (Wildman–Crippen LogP) is 9.33. The fourth-order valence-electron chi connectivity index (χ4n) is 3.86. The van der Waals surface area contributed by atoms with Crippen LogP contribution in [0.2, 0.25) is 0 Å². The molecule has 0 saturated carbocycles. The highest BCUT2D eigenvalue weighted by atomic mass is 16.1. The molecule has 0 aromatic rings. The molecule has 0 N–H and O–H groups in total. The summed E-state index contributed by atoms with van der Waals surface area (Å²) in [5, 5.41) is 0. The summed E-state index contributed by atoms with van der Waals surface area (Å²) in [4.78, 5) is 10.1. The van der Waals surface area contributed by atoms with Crippen molar-refractivity contribution in [2.24, 2.45) is 5.41 Å². The summed E-state index contributed by atoms with van der Waals surface area (Å²) in [5.74, 6) is 0. The van der Waals surface area contributed by atoms with Crippen LogP contribution in [-0.2, 0) is 4.79 Å². The third-order valence-electron chi connectivity index (χ3n) is 5.71. The Balaban J connectivity index is 3.02. The molecule has 0 aromatic heterocycles. The summed E-state index contributed by atoms with van der Waals surface area (Å²) in [6.45, 7) is 7.06. The standard InChI is InChI=1S/C26H51O/c1-26(2,3)24-22-20-18-16-14-12-10-8-6-4-5-7-9-11-13-15-17-19-21-23-25-27/h4-24H2,1-3H3. The molecule has 0 spiro atoms. The SMILES string of the molecule is CC(C)(C)CCCCCCCCCCCCCCCCCCCCC[C]=O. The van der Waals surface area contributed by atoms with E-state index >= 15 is 0 Å². The molecule has 0 unspecified atom stereocenters. The van der Waals surface area contributed by atoms with Gasteiger partial charge >= 0.3 is 0 Å². The average molecular weight is 380 g/mol. The molecular weight excluding hydrogens is 328 g/mol. The van der Waals surface area contributed by atoms with Crippen molar-refractivity contribution in [1.29, 1.82) is 0 Å². The molecule has 0 aliphatic heterocycles. The van der Waals surface area contributed by atoms with E-state index < -0.39 is 0 Å². The van der Waals surface area contributed by atoms with E-state index in [2.05, 4.69) is 20.8 Å². The van der Waals surface area contributed by atoms with E-state index in [1.54, 1.807) is 0 Å². The first kappa shape index (κ1) is 26.7. The number of carbonyl (C=O) groups excluding carboxylic acids is 1. The lowest BCUT2D eigenvalue weighted by molar-refractivity contribution is 0.356. The van der Waals surface area contributed by atoms with Crippen molar-refractivity contribution in [3.05, 3.63) is 0 Å². The minimum atomic E-state index is 0.525. The van der Waals surface area contributed by atoms with Gasteiger partial charge in [-0.2, -0.15) is 0 Å². The summed E-state index contributed by atoms with van der Waals surface area (Å²) in [6, 6.07) is 0. The molecule has 0 atom stereocenters. The topological polar surface area (TPSA) is 17.1 Å². The van der Waals surface area contributed by atoms with Gasteiger partial charge in [-0.05, 0) is 18.3 Å². The number of hydrogen-bond donors (Lipinski definition) is 0. The van der Waals surface area contributed by atoms with Crippen molar-refractivity contribution in [2.45, 2.75) is 156 Å². The van der Waals surface area contributed by atoms with Crippen LogP contribution in [0.5, 0.6) is 0 Å². The fourth-order valence-corrected chi connectivity index (χ4v) is 3.86. The van der Waals surface area contributed by atoms with Gasteiger partial charge in [0, 0.05) is 6.42 Å². The predicted molar refractivity (Wildman–Crippen MR) is 122 cm³/mol. The molecule has 1 heteroatoms. The number of unbranched alkanes of at least 4 members (excludes halogenated alkanes) is 19. The molecule has 27 heavy (non-hydrogen) atoms. The second kappa shape index (κ2) is 20.4. The second-order valence-electron chi connectivity index (χ2n) is 9.92. The maximum Gasteiger partial charge on any atom is 0.198 e. The minimum absolute atomic E-state index is 0.525. The molecule has 0 saturated heterocycles. The van der Waals surface area contributed by atoms with Crippen LogP contribution in [-0.4, -0.2) is 6.29 Å². The molecule has 0 aliphatic carbocycles. The molecular formula is C26H51O. The third-order valence-corrected chi connectivity index (χ3v) is 5.71. The van der Waals surface area contributed by atoms with Crippen LogP contribution in [0.4, 0.5) is 0 Å².